The fraction of sp³-hybridized carbons (Fsp3) is 0.238. The minimum Gasteiger partial charge on any atom is -0.493 e. The summed E-state index contributed by atoms with van der Waals surface area (Å²) in [6.45, 7) is 5.42. The molecule has 0 heterocycles. The normalized spacial score (nSPS) is 10.7. The molecule has 26 heavy (non-hydrogen) atoms. The lowest BCUT2D eigenvalue weighted by molar-refractivity contribution is -0.139. The number of ether oxygens (including phenoxy) is 2. The molecule has 0 aliphatic carbocycles. The molecule has 1 N–H and O–H groups in total. The number of hydrogen-bond acceptors (Lipinski definition) is 4. The lowest BCUT2D eigenvalue weighted by atomic mass is 10.1. The number of aliphatic imine (C=N–C) groups is 1. The van der Waals surface area contributed by atoms with E-state index in [9.17, 15) is 4.79 Å². The van der Waals surface area contributed by atoms with Gasteiger partial charge < -0.3 is 14.6 Å². The van der Waals surface area contributed by atoms with Crippen molar-refractivity contribution in [3.05, 3.63) is 65.7 Å². The maximum Gasteiger partial charge on any atom is 0.341 e. The quantitative estimate of drug-likeness (QED) is 0.542. The van der Waals surface area contributed by atoms with Gasteiger partial charge in [-0.3, -0.25) is 4.99 Å². The van der Waals surface area contributed by atoms with Gasteiger partial charge >= 0.3 is 5.97 Å². The molecule has 0 aliphatic rings. The van der Waals surface area contributed by atoms with Gasteiger partial charge in [-0.15, -0.1) is 6.58 Å². The molecule has 0 aromatic heterocycles. The SMILES string of the molecule is C=CCc1cc(C=Nc2ccc(CC)cc2)cc(OC)c1OCC(=O)O. The molecule has 2 aromatic carbocycles. The van der Waals surface area contributed by atoms with Gasteiger partial charge in [0.25, 0.3) is 0 Å². The van der Waals surface area contributed by atoms with Crippen molar-refractivity contribution < 1.29 is 19.4 Å². The first-order chi connectivity index (χ1) is 12.6. The summed E-state index contributed by atoms with van der Waals surface area (Å²) >= 11 is 0. The Kier molecular flexibility index (Phi) is 6.97. The zero-order valence-electron chi connectivity index (χ0n) is 15.1. The summed E-state index contributed by atoms with van der Waals surface area (Å²) in [6, 6.07) is 11.7. The number of carbonyl (C=O) groups is 1. The third-order valence-corrected chi connectivity index (χ3v) is 3.79. The number of benzene rings is 2. The van der Waals surface area contributed by atoms with Crippen LogP contribution in [0.15, 0.2) is 54.0 Å². The highest BCUT2D eigenvalue weighted by Gasteiger charge is 2.13. The Morgan fingerprint density at radius 3 is 2.58 bits per heavy atom. The van der Waals surface area contributed by atoms with Crippen LogP contribution in [0.3, 0.4) is 0 Å². The van der Waals surface area contributed by atoms with Crippen LogP contribution in [-0.2, 0) is 17.6 Å². The summed E-state index contributed by atoms with van der Waals surface area (Å²) < 4.78 is 10.8. The largest absolute Gasteiger partial charge is 0.493 e. The van der Waals surface area contributed by atoms with Crippen LogP contribution in [0.1, 0.15) is 23.6 Å². The minimum atomic E-state index is -1.04. The first-order valence-electron chi connectivity index (χ1n) is 8.36. The van der Waals surface area contributed by atoms with Gasteiger partial charge in [0.05, 0.1) is 12.8 Å². The van der Waals surface area contributed by atoms with E-state index in [1.165, 1.54) is 12.7 Å². The number of carboxylic acid groups (broad SMARTS) is 1. The maximum atomic E-state index is 10.8. The number of aliphatic carboxylic acids is 1. The van der Waals surface area contributed by atoms with Gasteiger partial charge in [-0.1, -0.05) is 25.1 Å². The molecule has 2 rings (SSSR count). The third kappa shape index (κ3) is 5.21. The molecule has 5 heteroatoms. The van der Waals surface area contributed by atoms with Crippen LogP contribution in [0.5, 0.6) is 11.5 Å². The summed E-state index contributed by atoms with van der Waals surface area (Å²) in [5, 5.41) is 8.85. The van der Waals surface area contributed by atoms with Gasteiger partial charge in [-0.05, 0) is 48.2 Å². The second-order valence-corrected chi connectivity index (χ2v) is 5.66. The lowest BCUT2D eigenvalue weighted by Gasteiger charge is -2.14. The molecular formula is C21H23NO4. The molecule has 0 atom stereocenters. The van der Waals surface area contributed by atoms with Gasteiger partial charge in [0.1, 0.15) is 0 Å². The lowest BCUT2D eigenvalue weighted by Crippen LogP contribution is -2.11. The second-order valence-electron chi connectivity index (χ2n) is 5.66. The zero-order valence-corrected chi connectivity index (χ0v) is 15.1. The van der Waals surface area contributed by atoms with Gasteiger partial charge in [-0.2, -0.15) is 0 Å². The number of aryl methyl sites for hydroxylation is 1. The van der Waals surface area contributed by atoms with Crippen molar-refractivity contribution >= 4 is 17.9 Å². The molecule has 0 saturated carbocycles. The van der Waals surface area contributed by atoms with E-state index in [1.807, 2.05) is 18.2 Å². The van der Waals surface area contributed by atoms with Crippen LogP contribution in [0.25, 0.3) is 0 Å². The number of hydrogen-bond donors (Lipinski definition) is 1. The van der Waals surface area contributed by atoms with Crippen molar-refractivity contribution in [1.82, 2.24) is 0 Å². The number of nitrogens with zero attached hydrogens (tertiary/aromatic N) is 1. The van der Waals surface area contributed by atoms with Crippen LogP contribution in [0.4, 0.5) is 5.69 Å². The van der Waals surface area contributed by atoms with E-state index < -0.39 is 12.6 Å². The smallest absolute Gasteiger partial charge is 0.341 e. The summed E-state index contributed by atoms with van der Waals surface area (Å²) in [7, 11) is 1.52. The van der Waals surface area contributed by atoms with Gasteiger partial charge in [0.15, 0.2) is 18.1 Å². The van der Waals surface area contributed by atoms with E-state index >= 15 is 0 Å². The Balaban J connectivity index is 2.32. The van der Waals surface area contributed by atoms with Crippen LogP contribution in [0, 0.1) is 0 Å². The van der Waals surface area contributed by atoms with Crippen LogP contribution < -0.4 is 9.47 Å². The van der Waals surface area contributed by atoms with Crippen molar-refractivity contribution in [2.24, 2.45) is 4.99 Å². The highest BCUT2D eigenvalue weighted by Crippen LogP contribution is 2.33. The number of carboxylic acids is 1. The minimum absolute atomic E-state index is 0.416. The first kappa shape index (κ1) is 19.2. The highest BCUT2D eigenvalue weighted by atomic mass is 16.5. The molecule has 0 aliphatic heterocycles. The van der Waals surface area contributed by atoms with Crippen molar-refractivity contribution in [3.63, 3.8) is 0 Å². The zero-order chi connectivity index (χ0) is 18.9. The molecule has 136 valence electrons. The predicted molar refractivity (Wildman–Crippen MR) is 103 cm³/mol. The highest BCUT2D eigenvalue weighted by molar-refractivity contribution is 5.84. The molecule has 0 radical (unpaired) electrons. The maximum absolute atomic E-state index is 10.8. The summed E-state index contributed by atoms with van der Waals surface area (Å²) in [5.41, 5.74) is 3.75. The van der Waals surface area contributed by atoms with Crippen LogP contribution in [0.2, 0.25) is 0 Å². The standard InChI is InChI=1S/C21H23NO4/c1-4-6-17-11-16(12-19(25-3)21(17)26-14-20(23)24)13-22-18-9-7-15(5-2)8-10-18/h4,7-13H,1,5-6,14H2,2-3H3,(H,23,24). The van der Waals surface area contributed by atoms with Gasteiger partial charge in [0.2, 0.25) is 0 Å². The molecule has 0 fully saturated rings. The molecule has 0 saturated heterocycles. The van der Waals surface area contributed by atoms with Crippen molar-refractivity contribution in [3.8, 4) is 11.5 Å². The Hall–Kier alpha value is -3.08. The van der Waals surface area contributed by atoms with E-state index in [-0.39, 0.29) is 0 Å². The summed E-state index contributed by atoms with van der Waals surface area (Å²) in [5.74, 6) is -0.162. The number of rotatable bonds is 9. The average Bonchev–Trinajstić information content (AvgIpc) is 2.65. The van der Waals surface area contributed by atoms with E-state index in [0.29, 0.717) is 17.9 Å². The number of methoxy groups -OCH3 is 1. The topological polar surface area (TPSA) is 68.1 Å². The van der Waals surface area contributed by atoms with E-state index in [4.69, 9.17) is 14.6 Å². The molecule has 0 spiro atoms. The van der Waals surface area contributed by atoms with Crippen molar-refractivity contribution in [2.45, 2.75) is 19.8 Å². The molecule has 0 amide bonds. The number of allylic oxidation sites excluding steroid dienone is 1. The second kappa shape index (κ2) is 9.42. The Morgan fingerprint density at radius 2 is 2.00 bits per heavy atom. The predicted octanol–water partition coefficient (Wildman–Crippen LogP) is 4.20. The summed E-state index contributed by atoms with van der Waals surface area (Å²) in [4.78, 5) is 15.3. The third-order valence-electron chi connectivity index (χ3n) is 3.79. The van der Waals surface area contributed by atoms with Crippen LogP contribution in [-0.4, -0.2) is 31.0 Å². The molecular weight excluding hydrogens is 330 g/mol. The van der Waals surface area contributed by atoms with Gasteiger partial charge in [0, 0.05) is 11.8 Å². The molecule has 0 bridgehead atoms. The van der Waals surface area contributed by atoms with Crippen LogP contribution >= 0.6 is 0 Å². The Bertz CT molecular complexity index is 794. The fourth-order valence-electron chi connectivity index (χ4n) is 2.48. The first-order valence-corrected chi connectivity index (χ1v) is 8.36. The monoisotopic (exact) mass is 353 g/mol. The van der Waals surface area contributed by atoms with Gasteiger partial charge in [-0.25, -0.2) is 4.79 Å². The van der Waals surface area contributed by atoms with E-state index in [2.05, 4.69) is 30.6 Å². The fourth-order valence-corrected chi connectivity index (χ4v) is 2.48. The van der Waals surface area contributed by atoms with E-state index in [1.54, 1.807) is 18.4 Å². The van der Waals surface area contributed by atoms with Crippen molar-refractivity contribution in [1.29, 1.82) is 0 Å². The molecule has 0 unspecified atom stereocenters. The molecule has 5 nitrogen and oxygen atoms in total. The molecule has 2 aromatic rings. The van der Waals surface area contributed by atoms with Crippen molar-refractivity contribution in [2.75, 3.05) is 13.7 Å². The van der Waals surface area contributed by atoms with E-state index in [0.717, 1.165) is 23.2 Å². The Morgan fingerprint density at radius 1 is 1.27 bits per heavy atom. The average molecular weight is 353 g/mol. The summed E-state index contributed by atoms with van der Waals surface area (Å²) in [6.07, 6.45) is 4.99. The Labute approximate surface area is 153 Å².